The zero-order valence-electron chi connectivity index (χ0n) is 19.1. The van der Waals surface area contributed by atoms with Crippen molar-refractivity contribution in [3.05, 3.63) is 74.1 Å². The van der Waals surface area contributed by atoms with Gasteiger partial charge in [0.1, 0.15) is 10.8 Å². The highest BCUT2D eigenvalue weighted by Gasteiger charge is 2.48. The van der Waals surface area contributed by atoms with Crippen LogP contribution in [0.25, 0.3) is 11.3 Å². The molecule has 8 nitrogen and oxygen atoms in total. The fourth-order valence-electron chi connectivity index (χ4n) is 3.99. The maximum Gasteiger partial charge on any atom is 0.417 e. The van der Waals surface area contributed by atoms with Crippen molar-refractivity contribution in [1.82, 2.24) is 9.88 Å². The largest absolute Gasteiger partial charge is 0.480 e. The van der Waals surface area contributed by atoms with Crippen molar-refractivity contribution < 1.29 is 27.6 Å². The zero-order valence-corrected chi connectivity index (χ0v) is 19.9. The average Bonchev–Trinajstić information content (AvgIpc) is 3.36. The second-order valence-electron chi connectivity index (χ2n) is 8.93. The van der Waals surface area contributed by atoms with Gasteiger partial charge in [-0.25, -0.2) is 4.98 Å². The Hall–Kier alpha value is -3.98. The Morgan fingerprint density at radius 3 is 2.58 bits per heavy atom. The number of amides is 1. The first-order valence-electron chi connectivity index (χ1n) is 10.6. The van der Waals surface area contributed by atoms with Crippen molar-refractivity contribution in [3.63, 3.8) is 0 Å². The highest BCUT2D eigenvalue weighted by Crippen LogP contribution is 2.38. The standard InChI is InChI=1S/C24H19F3N4O4S/c1-23(2)13-30(11-20-29-19(12-36-20)14-3-6-16(7-4-14)31(33)34)22(32)21(23)35-17-8-5-15(10-28)18(9-17)24(25,26)27/h3-9,12,21H,11,13H2,1-2H3. The molecule has 12 heteroatoms. The van der Waals surface area contributed by atoms with Crippen LogP contribution in [0.15, 0.2) is 47.8 Å². The van der Waals surface area contributed by atoms with Gasteiger partial charge in [-0.3, -0.25) is 14.9 Å². The number of aromatic nitrogens is 1. The number of halogens is 3. The number of hydrogen-bond donors (Lipinski definition) is 0. The topological polar surface area (TPSA) is 109 Å². The number of alkyl halides is 3. The van der Waals surface area contributed by atoms with E-state index < -0.39 is 33.7 Å². The minimum atomic E-state index is -4.74. The van der Waals surface area contributed by atoms with Crippen LogP contribution >= 0.6 is 11.3 Å². The Kier molecular flexibility index (Phi) is 6.44. The van der Waals surface area contributed by atoms with Gasteiger partial charge in [0.25, 0.3) is 11.6 Å². The number of rotatable bonds is 6. The Bertz CT molecular complexity index is 1360. The second-order valence-corrected chi connectivity index (χ2v) is 9.87. The first kappa shape index (κ1) is 25.1. The molecule has 4 rings (SSSR count). The molecule has 3 aromatic rings. The van der Waals surface area contributed by atoms with Crippen LogP contribution < -0.4 is 4.74 Å². The monoisotopic (exact) mass is 516 g/mol. The minimum Gasteiger partial charge on any atom is -0.480 e. The van der Waals surface area contributed by atoms with Crippen LogP contribution in [0.2, 0.25) is 0 Å². The van der Waals surface area contributed by atoms with Crippen molar-refractivity contribution in [1.29, 1.82) is 5.26 Å². The highest BCUT2D eigenvalue weighted by molar-refractivity contribution is 7.09. The van der Waals surface area contributed by atoms with Crippen molar-refractivity contribution in [2.45, 2.75) is 32.7 Å². The number of ether oxygens (including phenoxy) is 1. The van der Waals surface area contributed by atoms with E-state index in [0.717, 1.165) is 12.1 Å². The third-order valence-corrected chi connectivity index (χ3v) is 6.60. The van der Waals surface area contributed by atoms with Gasteiger partial charge in [-0.2, -0.15) is 18.4 Å². The first-order valence-corrected chi connectivity index (χ1v) is 11.5. The molecule has 1 fully saturated rings. The van der Waals surface area contributed by atoms with E-state index in [0.29, 0.717) is 22.8 Å². The Morgan fingerprint density at radius 2 is 1.97 bits per heavy atom. The first-order chi connectivity index (χ1) is 16.9. The van der Waals surface area contributed by atoms with E-state index in [4.69, 9.17) is 10.00 Å². The van der Waals surface area contributed by atoms with E-state index in [1.807, 2.05) is 0 Å². The van der Waals surface area contributed by atoms with Crippen LogP contribution in [0, 0.1) is 26.9 Å². The number of nitriles is 1. The van der Waals surface area contributed by atoms with Crippen LogP contribution in [0.1, 0.15) is 30.0 Å². The predicted octanol–water partition coefficient (Wildman–Crippen LogP) is 5.42. The van der Waals surface area contributed by atoms with E-state index in [2.05, 4.69) is 4.98 Å². The van der Waals surface area contributed by atoms with E-state index in [1.165, 1.54) is 40.5 Å². The summed E-state index contributed by atoms with van der Waals surface area (Å²) in [4.78, 5) is 29.6. The van der Waals surface area contributed by atoms with Gasteiger partial charge in [0, 0.05) is 35.0 Å². The van der Waals surface area contributed by atoms with Gasteiger partial charge < -0.3 is 9.64 Å². The fraction of sp³-hybridized carbons (Fsp3) is 0.292. The summed E-state index contributed by atoms with van der Waals surface area (Å²) in [5.41, 5.74) is -1.08. The second kappa shape index (κ2) is 9.23. The van der Waals surface area contributed by atoms with E-state index in [-0.39, 0.29) is 23.9 Å². The molecule has 0 bridgehead atoms. The molecule has 2 aromatic carbocycles. The van der Waals surface area contributed by atoms with Gasteiger partial charge in [-0.05, 0) is 30.3 Å². The van der Waals surface area contributed by atoms with Crippen molar-refractivity contribution in [3.8, 4) is 23.1 Å². The van der Waals surface area contributed by atoms with E-state index >= 15 is 0 Å². The van der Waals surface area contributed by atoms with E-state index in [9.17, 15) is 28.1 Å². The molecule has 0 N–H and O–H groups in total. The summed E-state index contributed by atoms with van der Waals surface area (Å²) in [5, 5.41) is 22.2. The van der Waals surface area contributed by atoms with Gasteiger partial charge in [0.05, 0.1) is 34.4 Å². The lowest BCUT2D eigenvalue weighted by Gasteiger charge is -2.24. The third-order valence-electron chi connectivity index (χ3n) is 5.77. The fourth-order valence-corrected chi connectivity index (χ4v) is 4.81. The maximum absolute atomic E-state index is 13.3. The van der Waals surface area contributed by atoms with Crippen LogP contribution in [0.3, 0.4) is 0 Å². The highest BCUT2D eigenvalue weighted by atomic mass is 32.1. The molecule has 1 saturated heterocycles. The zero-order chi connectivity index (χ0) is 26.3. The quantitative estimate of drug-likeness (QED) is 0.319. The molecule has 1 atom stereocenters. The van der Waals surface area contributed by atoms with Gasteiger partial charge >= 0.3 is 6.18 Å². The number of carbonyl (C=O) groups is 1. The normalized spacial score (nSPS) is 17.2. The summed E-state index contributed by atoms with van der Waals surface area (Å²) < 4.78 is 45.7. The molecule has 36 heavy (non-hydrogen) atoms. The predicted molar refractivity (Wildman–Crippen MR) is 124 cm³/mol. The molecule has 1 unspecified atom stereocenters. The smallest absolute Gasteiger partial charge is 0.417 e. The summed E-state index contributed by atoms with van der Waals surface area (Å²) in [6.07, 6.45) is -5.77. The van der Waals surface area contributed by atoms with Gasteiger partial charge in [-0.1, -0.05) is 13.8 Å². The molecule has 0 aliphatic carbocycles. The molecular weight excluding hydrogens is 497 g/mol. The lowest BCUT2D eigenvalue weighted by atomic mass is 9.89. The number of hydrogen-bond acceptors (Lipinski definition) is 7. The molecule has 0 saturated carbocycles. The molecule has 1 amide bonds. The summed E-state index contributed by atoms with van der Waals surface area (Å²) in [5.74, 6) is -0.533. The van der Waals surface area contributed by atoms with E-state index in [1.54, 1.807) is 31.4 Å². The SMILES string of the molecule is CC1(C)CN(Cc2nc(-c3ccc([N+](=O)[O-])cc3)cs2)C(=O)C1Oc1ccc(C#N)c(C(F)(F)F)c1. The van der Waals surface area contributed by atoms with Gasteiger partial charge in [0.2, 0.25) is 0 Å². The Labute approximate surface area is 207 Å². The van der Waals surface area contributed by atoms with Gasteiger partial charge in [0.15, 0.2) is 6.10 Å². The third kappa shape index (κ3) is 5.01. The molecule has 1 aromatic heterocycles. The molecule has 0 radical (unpaired) electrons. The van der Waals surface area contributed by atoms with Crippen molar-refractivity contribution in [2.75, 3.05) is 6.54 Å². The van der Waals surface area contributed by atoms with Crippen LogP contribution in [0.4, 0.5) is 18.9 Å². The average molecular weight is 517 g/mol. The molecule has 1 aliphatic heterocycles. The molecule has 2 heterocycles. The molecular formula is C24H19F3N4O4S. The Morgan fingerprint density at radius 1 is 1.28 bits per heavy atom. The Balaban J connectivity index is 1.50. The minimum absolute atomic E-state index is 0.0326. The number of nitrogens with zero attached hydrogens (tertiary/aromatic N) is 4. The summed E-state index contributed by atoms with van der Waals surface area (Å²) in [6, 6.07) is 10.5. The molecule has 1 aliphatic rings. The number of likely N-dealkylation sites (tertiary alicyclic amines) is 1. The number of thiazole rings is 1. The number of non-ortho nitro benzene ring substituents is 1. The van der Waals surface area contributed by atoms with Crippen LogP contribution in [0.5, 0.6) is 5.75 Å². The summed E-state index contributed by atoms with van der Waals surface area (Å²) in [7, 11) is 0. The molecule has 0 spiro atoms. The van der Waals surface area contributed by atoms with Crippen LogP contribution in [-0.2, 0) is 17.5 Å². The summed E-state index contributed by atoms with van der Waals surface area (Å²) in [6.45, 7) is 4.05. The number of nitro groups is 1. The van der Waals surface area contributed by atoms with Gasteiger partial charge in [-0.15, -0.1) is 11.3 Å². The molecule has 186 valence electrons. The van der Waals surface area contributed by atoms with Crippen LogP contribution in [-0.4, -0.2) is 33.4 Å². The summed E-state index contributed by atoms with van der Waals surface area (Å²) >= 11 is 1.32. The maximum atomic E-state index is 13.3. The van der Waals surface area contributed by atoms with Crippen molar-refractivity contribution >= 4 is 22.9 Å². The number of benzene rings is 2. The van der Waals surface area contributed by atoms with Crippen molar-refractivity contribution in [2.24, 2.45) is 5.41 Å². The number of carbonyl (C=O) groups excluding carboxylic acids is 1. The lowest BCUT2D eigenvalue weighted by molar-refractivity contribution is -0.384. The lowest BCUT2D eigenvalue weighted by Crippen LogP contribution is -2.36. The number of nitro benzene ring substituents is 1.